The van der Waals surface area contributed by atoms with E-state index in [0.717, 1.165) is 68.7 Å². The maximum Gasteiger partial charge on any atom is 0.191 e. The molecular weight excluding hydrogens is 336 g/mol. The fraction of sp³-hybridized carbons (Fsp3) is 0.706. The van der Waals surface area contributed by atoms with E-state index in [0.29, 0.717) is 12.0 Å². The molecule has 0 radical (unpaired) electrons. The van der Waals surface area contributed by atoms with E-state index in [-0.39, 0.29) is 0 Å². The molecule has 136 valence electrons. The molecule has 2 aromatic rings. The molecule has 25 heavy (non-hydrogen) atoms. The molecule has 2 fully saturated rings. The molecule has 2 aliphatic rings. The SMILES string of the molecule is Cn1nccc1CSc1nnc(C2CCNCC2)n1CC1CCCO1. The minimum Gasteiger partial charge on any atom is -0.376 e. The predicted octanol–water partition coefficient (Wildman–Crippen LogP) is 1.95. The molecule has 4 heterocycles. The van der Waals surface area contributed by atoms with Crippen LogP contribution in [0.25, 0.3) is 0 Å². The third-order valence-electron chi connectivity index (χ3n) is 5.13. The number of hydrogen-bond acceptors (Lipinski definition) is 6. The van der Waals surface area contributed by atoms with Crippen molar-refractivity contribution < 1.29 is 4.74 Å². The molecule has 0 aliphatic carbocycles. The van der Waals surface area contributed by atoms with Gasteiger partial charge >= 0.3 is 0 Å². The second-order valence-electron chi connectivity index (χ2n) is 6.85. The largest absolute Gasteiger partial charge is 0.376 e. The molecule has 2 aromatic heterocycles. The number of aryl methyl sites for hydroxylation is 1. The molecule has 2 aliphatic heterocycles. The summed E-state index contributed by atoms with van der Waals surface area (Å²) < 4.78 is 10.1. The van der Waals surface area contributed by atoms with E-state index >= 15 is 0 Å². The van der Waals surface area contributed by atoms with Crippen molar-refractivity contribution in [2.24, 2.45) is 7.05 Å². The Morgan fingerprint density at radius 1 is 1.28 bits per heavy atom. The number of thioether (sulfide) groups is 1. The Bertz CT molecular complexity index is 687. The Balaban J connectivity index is 1.53. The van der Waals surface area contributed by atoms with Gasteiger partial charge in [0.05, 0.1) is 12.6 Å². The van der Waals surface area contributed by atoms with Crippen molar-refractivity contribution in [3.05, 3.63) is 23.8 Å². The number of hydrogen-bond donors (Lipinski definition) is 1. The summed E-state index contributed by atoms with van der Waals surface area (Å²) >= 11 is 1.74. The Morgan fingerprint density at radius 2 is 2.16 bits per heavy atom. The number of rotatable bonds is 6. The van der Waals surface area contributed by atoms with E-state index < -0.39 is 0 Å². The van der Waals surface area contributed by atoms with Crippen LogP contribution in [0.3, 0.4) is 0 Å². The van der Waals surface area contributed by atoms with Crippen LogP contribution in [0.1, 0.15) is 43.1 Å². The van der Waals surface area contributed by atoms with E-state index in [9.17, 15) is 0 Å². The lowest BCUT2D eigenvalue weighted by molar-refractivity contribution is 0.0936. The first-order valence-corrected chi connectivity index (χ1v) is 10.1. The van der Waals surface area contributed by atoms with Crippen LogP contribution in [0.5, 0.6) is 0 Å². The molecule has 4 rings (SSSR count). The number of nitrogens with zero attached hydrogens (tertiary/aromatic N) is 5. The molecule has 0 saturated carbocycles. The smallest absolute Gasteiger partial charge is 0.191 e. The maximum atomic E-state index is 5.88. The molecule has 2 saturated heterocycles. The van der Waals surface area contributed by atoms with Gasteiger partial charge in [-0.25, -0.2) is 0 Å². The second-order valence-corrected chi connectivity index (χ2v) is 7.79. The van der Waals surface area contributed by atoms with Gasteiger partial charge in [0, 0.05) is 37.2 Å². The monoisotopic (exact) mass is 362 g/mol. The summed E-state index contributed by atoms with van der Waals surface area (Å²) in [6, 6.07) is 2.06. The zero-order chi connectivity index (χ0) is 17.1. The molecule has 8 heteroatoms. The third kappa shape index (κ3) is 3.91. The Kier molecular flexibility index (Phi) is 5.38. The standard InChI is InChI=1S/C17H26N6OS/c1-22-14(6-9-19-22)12-25-17-21-20-16(13-4-7-18-8-5-13)23(17)11-15-3-2-10-24-15/h6,9,13,15,18H,2-5,7-8,10-12H2,1H3. The van der Waals surface area contributed by atoms with Crippen molar-refractivity contribution in [3.8, 4) is 0 Å². The van der Waals surface area contributed by atoms with E-state index in [4.69, 9.17) is 4.74 Å². The van der Waals surface area contributed by atoms with Crippen molar-refractivity contribution in [2.75, 3.05) is 19.7 Å². The molecule has 0 spiro atoms. The van der Waals surface area contributed by atoms with Crippen LogP contribution < -0.4 is 5.32 Å². The molecular formula is C17H26N6OS. The van der Waals surface area contributed by atoms with Crippen LogP contribution in [-0.2, 0) is 24.1 Å². The van der Waals surface area contributed by atoms with E-state index in [1.54, 1.807) is 11.8 Å². The van der Waals surface area contributed by atoms with Gasteiger partial charge in [-0.05, 0) is 44.8 Å². The highest BCUT2D eigenvalue weighted by Crippen LogP contribution is 2.30. The van der Waals surface area contributed by atoms with Crippen LogP contribution in [0.4, 0.5) is 0 Å². The van der Waals surface area contributed by atoms with Gasteiger partial charge in [0.25, 0.3) is 0 Å². The van der Waals surface area contributed by atoms with Crippen molar-refractivity contribution in [2.45, 2.75) is 55.2 Å². The zero-order valence-electron chi connectivity index (χ0n) is 14.7. The summed E-state index contributed by atoms with van der Waals surface area (Å²) in [6.07, 6.45) is 6.70. The van der Waals surface area contributed by atoms with E-state index in [2.05, 4.69) is 31.2 Å². The summed E-state index contributed by atoms with van der Waals surface area (Å²) in [5.74, 6) is 2.50. The summed E-state index contributed by atoms with van der Waals surface area (Å²) in [5, 5.41) is 17.8. The fourth-order valence-electron chi connectivity index (χ4n) is 3.63. The van der Waals surface area contributed by atoms with E-state index in [1.807, 2.05) is 17.9 Å². The van der Waals surface area contributed by atoms with Crippen LogP contribution >= 0.6 is 11.8 Å². The molecule has 1 unspecified atom stereocenters. The maximum absolute atomic E-state index is 5.88. The van der Waals surface area contributed by atoms with Gasteiger partial charge in [-0.15, -0.1) is 10.2 Å². The minimum atomic E-state index is 0.299. The van der Waals surface area contributed by atoms with Crippen LogP contribution in [0.15, 0.2) is 17.4 Å². The van der Waals surface area contributed by atoms with Gasteiger partial charge < -0.3 is 14.6 Å². The number of nitrogens with one attached hydrogen (secondary N) is 1. The van der Waals surface area contributed by atoms with Crippen LogP contribution in [0, 0.1) is 0 Å². The molecule has 1 atom stereocenters. The Hall–Kier alpha value is -1.38. The summed E-state index contributed by atoms with van der Waals surface area (Å²) in [4.78, 5) is 0. The molecule has 0 bridgehead atoms. The lowest BCUT2D eigenvalue weighted by Crippen LogP contribution is -2.29. The fourth-order valence-corrected chi connectivity index (χ4v) is 4.62. The predicted molar refractivity (Wildman–Crippen MR) is 96.6 cm³/mol. The lowest BCUT2D eigenvalue weighted by atomic mass is 9.97. The molecule has 1 N–H and O–H groups in total. The Labute approximate surface area is 152 Å². The second kappa shape index (κ2) is 7.88. The number of aromatic nitrogens is 5. The summed E-state index contributed by atoms with van der Waals surface area (Å²) in [5.41, 5.74) is 1.19. The summed E-state index contributed by atoms with van der Waals surface area (Å²) in [6.45, 7) is 3.89. The summed E-state index contributed by atoms with van der Waals surface area (Å²) in [7, 11) is 1.98. The van der Waals surface area contributed by atoms with Crippen LogP contribution in [0.2, 0.25) is 0 Å². The van der Waals surface area contributed by atoms with Gasteiger partial charge in [0.2, 0.25) is 0 Å². The molecule has 7 nitrogen and oxygen atoms in total. The van der Waals surface area contributed by atoms with Gasteiger partial charge in [-0.2, -0.15) is 5.10 Å². The highest BCUT2D eigenvalue weighted by molar-refractivity contribution is 7.98. The molecule has 0 aromatic carbocycles. The average Bonchev–Trinajstić information content (AvgIpc) is 3.37. The zero-order valence-corrected chi connectivity index (χ0v) is 15.5. The minimum absolute atomic E-state index is 0.299. The topological polar surface area (TPSA) is 69.8 Å². The third-order valence-corrected chi connectivity index (χ3v) is 6.13. The first-order chi connectivity index (χ1) is 12.3. The van der Waals surface area contributed by atoms with Crippen molar-refractivity contribution >= 4 is 11.8 Å². The highest BCUT2D eigenvalue weighted by Gasteiger charge is 2.26. The molecule has 0 amide bonds. The van der Waals surface area contributed by atoms with Gasteiger partial charge in [0.1, 0.15) is 5.82 Å². The van der Waals surface area contributed by atoms with Crippen molar-refractivity contribution in [1.29, 1.82) is 0 Å². The van der Waals surface area contributed by atoms with Gasteiger partial charge in [-0.3, -0.25) is 4.68 Å². The van der Waals surface area contributed by atoms with Gasteiger partial charge in [0.15, 0.2) is 5.16 Å². The van der Waals surface area contributed by atoms with Crippen LogP contribution in [-0.4, -0.2) is 50.3 Å². The average molecular weight is 363 g/mol. The van der Waals surface area contributed by atoms with Gasteiger partial charge in [-0.1, -0.05) is 11.8 Å². The van der Waals surface area contributed by atoms with E-state index in [1.165, 1.54) is 5.69 Å². The first-order valence-electron chi connectivity index (χ1n) is 9.16. The normalized spacial score (nSPS) is 21.9. The lowest BCUT2D eigenvalue weighted by Gasteiger charge is -2.23. The quantitative estimate of drug-likeness (QED) is 0.792. The number of piperidine rings is 1. The Morgan fingerprint density at radius 3 is 2.88 bits per heavy atom. The number of ether oxygens (including phenoxy) is 1. The van der Waals surface area contributed by atoms with Crippen molar-refractivity contribution in [3.63, 3.8) is 0 Å². The first kappa shape index (κ1) is 17.1. The highest BCUT2D eigenvalue weighted by atomic mass is 32.2. The van der Waals surface area contributed by atoms with Crippen molar-refractivity contribution in [1.82, 2.24) is 29.9 Å².